The largest absolute Gasteiger partial charge is 0.396 e. The zero-order valence-corrected chi connectivity index (χ0v) is 26.8. The van der Waals surface area contributed by atoms with E-state index in [0.717, 1.165) is 11.1 Å². The van der Waals surface area contributed by atoms with Gasteiger partial charge in [-0.25, -0.2) is 12.7 Å². The van der Waals surface area contributed by atoms with Crippen LogP contribution < -0.4 is 5.32 Å². The SMILES string of the molecule is CCC(CN(C)S(=O)(=O)C1CC1)N1C(=O)[C@@](C)(CC(=O)NCCCO)C[C@H](c2cccc(Cl)c2)[C@H]1c1ccc(Cl)cc1. The zero-order chi connectivity index (χ0) is 30.7. The van der Waals surface area contributed by atoms with Gasteiger partial charge in [0.1, 0.15) is 0 Å². The molecule has 1 saturated heterocycles. The summed E-state index contributed by atoms with van der Waals surface area (Å²) in [5.41, 5.74) is 0.736. The van der Waals surface area contributed by atoms with E-state index in [9.17, 15) is 18.0 Å². The number of carbonyl (C=O) groups is 2. The van der Waals surface area contributed by atoms with Crippen molar-refractivity contribution in [3.05, 3.63) is 69.7 Å². The van der Waals surface area contributed by atoms with Crippen LogP contribution in [-0.4, -0.2) is 72.6 Å². The highest BCUT2D eigenvalue weighted by Crippen LogP contribution is 2.52. The fourth-order valence-electron chi connectivity index (χ4n) is 6.11. The van der Waals surface area contributed by atoms with Gasteiger partial charge in [-0.05, 0) is 67.5 Å². The molecule has 42 heavy (non-hydrogen) atoms. The number of carbonyl (C=O) groups excluding carboxylic acids is 2. The molecule has 0 radical (unpaired) electrons. The molecule has 2 aromatic carbocycles. The third-order valence-corrected chi connectivity index (χ3v) is 11.3. The quantitative estimate of drug-likeness (QED) is 0.296. The minimum Gasteiger partial charge on any atom is -0.396 e. The highest BCUT2D eigenvalue weighted by Gasteiger charge is 2.52. The lowest BCUT2D eigenvalue weighted by Crippen LogP contribution is -2.58. The molecule has 1 heterocycles. The monoisotopic (exact) mass is 637 g/mol. The number of sulfonamides is 1. The Bertz CT molecular complexity index is 1370. The standard InChI is InChI=1S/C31H41Cl2N3O5S/c1-4-25(20-35(3)42(40,41)26-13-14-26)36-29(21-9-11-23(32)12-10-21)27(22-7-5-8-24(33)17-22)18-31(2,30(36)39)19-28(38)34-15-6-16-37/h5,7-12,17,25-27,29,37H,4,6,13-16,18-20H2,1-3H3,(H,34,38)/t25?,27-,29-,31-/m1/s1. The molecule has 1 aliphatic heterocycles. The van der Waals surface area contributed by atoms with Crippen molar-refractivity contribution in [1.29, 1.82) is 0 Å². The molecule has 2 aliphatic rings. The summed E-state index contributed by atoms with van der Waals surface area (Å²) in [5.74, 6) is -0.699. The molecule has 230 valence electrons. The fraction of sp³-hybridized carbons (Fsp3) is 0.548. The molecule has 2 aromatic rings. The third kappa shape index (κ3) is 7.30. The molecule has 4 rings (SSSR count). The topological polar surface area (TPSA) is 107 Å². The lowest BCUT2D eigenvalue weighted by atomic mass is 9.67. The zero-order valence-electron chi connectivity index (χ0n) is 24.4. The Labute approximate surface area is 259 Å². The number of amides is 2. The normalized spacial score (nSPS) is 23.7. The van der Waals surface area contributed by atoms with E-state index in [1.807, 2.05) is 49.1 Å². The second kappa shape index (κ2) is 13.6. The van der Waals surface area contributed by atoms with Crippen molar-refractivity contribution in [2.45, 2.75) is 75.6 Å². The van der Waals surface area contributed by atoms with Crippen molar-refractivity contribution >= 4 is 45.0 Å². The van der Waals surface area contributed by atoms with Crippen LogP contribution in [0, 0.1) is 5.41 Å². The molecule has 1 aliphatic carbocycles. The van der Waals surface area contributed by atoms with E-state index in [4.69, 9.17) is 28.3 Å². The van der Waals surface area contributed by atoms with E-state index in [0.29, 0.717) is 48.7 Å². The van der Waals surface area contributed by atoms with Gasteiger partial charge >= 0.3 is 0 Å². The number of nitrogens with one attached hydrogen (secondary N) is 1. The van der Waals surface area contributed by atoms with Gasteiger partial charge < -0.3 is 15.3 Å². The maximum Gasteiger partial charge on any atom is 0.229 e. The molecular formula is C31H41Cl2N3O5S. The summed E-state index contributed by atoms with van der Waals surface area (Å²) in [4.78, 5) is 29.6. The van der Waals surface area contributed by atoms with Crippen LogP contribution in [0.4, 0.5) is 0 Å². The van der Waals surface area contributed by atoms with Gasteiger partial charge in [-0.1, -0.05) is 61.3 Å². The van der Waals surface area contributed by atoms with Gasteiger partial charge in [-0.2, -0.15) is 0 Å². The highest BCUT2D eigenvalue weighted by atomic mass is 35.5. The number of rotatable bonds is 13. The van der Waals surface area contributed by atoms with Crippen LogP contribution in [-0.2, 0) is 19.6 Å². The van der Waals surface area contributed by atoms with E-state index in [2.05, 4.69) is 5.32 Å². The molecule has 0 bridgehead atoms. The van der Waals surface area contributed by atoms with E-state index >= 15 is 0 Å². The smallest absolute Gasteiger partial charge is 0.229 e. The molecule has 2 N–H and O–H groups in total. The number of nitrogens with zero attached hydrogens (tertiary/aromatic N) is 2. The van der Waals surface area contributed by atoms with Gasteiger partial charge in [0.15, 0.2) is 0 Å². The average Bonchev–Trinajstić information content (AvgIpc) is 3.80. The van der Waals surface area contributed by atoms with Crippen LogP contribution in [0.15, 0.2) is 48.5 Å². The van der Waals surface area contributed by atoms with E-state index < -0.39 is 27.5 Å². The van der Waals surface area contributed by atoms with Crippen LogP contribution in [0.3, 0.4) is 0 Å². The Hall–Kier alpha value is -2.17. The van der Waals surface area contributed by atoms with Crippen molar-refractivity contribution in [3.63, 3.8) is 0 Å². The van der Waals surface area contributed by atoms with E-state index in [1.54, 1.807) is 25.2 Å². The average molecular weight is 639 g/mol. The van der Waals surface area contributed by atoms with Crippen LogP contribution >= 0.6 is 23.2 Å². The minimum absolute atomic E-state index is 0.0369. The van der Waals surface area contributed by atoms with Gasteiger partial charge in [0.25, 0.3) is 0 Å². The van der Waals surface area contributed by atoms with Crippen LogP contribution in [0.2, 0.25) is 10.0 Å². The summed E-state index contributed by atoms with van der Waals surface area (Å²) in [5, 5.41) is 12.7. The number of piperidine rings is 1. The first-order chi connectivity index (χ1) is 19.9. The van der Waals surface area contributed by atoms with Crippen molar-refractivity contribution in [2.75, 3.05) is 26.7 Å². The van der Waals surface area contributed by atoms with E-state index in [-0.39, 0.29) is 42.6 Å². The summed E-state index contributed by atoms with van der Waals surface area (Å²) in [7, 11) is -1.88. The van der Waals surface area contributed by atoms with Crippen LogP contribution in [0.5, 0.6) is 0 Å². The number of hydrogen-bond acceptors (Lipinski definition) is 5. The number of hydrogen-bond donors (Lipinski definition) is 2. The molecule has 1 saturated carbocycles. The number of halogens is 2. The fourth-order valence-corrected chi connectivity index (χ4v) is 8.05. The van der Waals surface area contributed by atoms with Crippen molar-refractivity contribution in [3.8, 4) is 0 Å². The number of likely N-dealkylation sites (N-methyl/N-ethyl adjacent to an activating group) is 1. The Morgan fingerprint density at radius 1 is 1.14 bits per heavy atom. The van der Waals surface area contributed by atoms with Gasteiger partial charge in [-0.3, -0.25) is 9.59 Å². The molecule has 2 amide bonds. The van der Waals surface area contributed by atoms with E-state index in [1.165, 1.54) is 4.31 Å². The van der Waals surface area contributed by atoms with Gasteiger partial charge in [0.2, 0.25) is 21.8 Å². The molecule has 2 fully saturated rings. The summed E-state index contributed by atoms with van der Waals surface area (Å²) in [6, 6.07) is 14.1. The molecule has 0 spiro atoms. The maximum atomic E-state index is 14.7. The van der Waals surface area contributed by atoms with Crippen molar-refractivity contribution in [1.82, 2.24) is 14.5 Å². The van der Waals surface area contributed by atoms with Gasteiger partial charge in [-0.15, -0.1) is 0 Å². The molecule has 11 heteroatoms. The molecule has 1 unspecified atom stereocenters. The van der Waals surface area contributed by atoms with Crippen molar-refractivity contribution in [2.24, 2.45) is 5.41 Å². The second-order valence-corrected chi connectivity index (χ2v) is 15.0. The Balaban J connectivity index is 1.81. The van der Waals surface area contributed by atoms with Crippen LogP contribution in [0.1, 0.15) is 75.5 Å². The third-order valence-electron chi connectivity index (χ3n) is 8.51. The lowest BCUT2D eigenvalue weighted by Gasteiger charge is -2.52. The van der Waals surface area contributed by atoms with Crippen molar-refractivity contribution < 1.29 is 23.1 Å². The predicted molar refractivity (Wildman–Crippen MR) is 166 cm³/mol. The van der Waals surface area contributed by atoms with Gasteiger partial charge in [0.05, 0.1) is 16.7 Å². The number of aliphatic hydroxyl groups excluding tert-OH is 1. The highest BCUT2D eigenvalue weighted by molar-refractivity contribution is 7.90. The maximum absolute atomic E-state index is 14.7. The molecular weight excluding hydrogens is 597 g/mol. The molecule has 8 nitrogen and oxygen atoms in total. The molecule has 0 aromatic heterocycles. The Morgan fingerprint density at radius 2 is 1.83 bits per heavy atom. The first-order valence-electron chi connectivity index (χ1n) is 14.6. The second-order valence-electron chi connectivity index (χ2n) is 11.8. The number of aliphatic hydroxyl groups is 1. The number of likely N-dealkylation sites (tertiary alicyclic amines) is 1. The van der Waals surface area contributed by atoms with Crippen LogP contribution in [0.25, 0.3) is 0 Å². The first-order valence-corrected chi connectivity index (χ1v) is 16.8. The number of benzene rings is 2. The predicted octanol–water partition coefficient (Wildman–Crippen LogP) is 5.15. The summed E-state index contributed by atoms with van der Waals surface area (Å²) < 4.78 is 27.7. The Morgan fingerprint density at radius 3 is 2.43 bits per heavy atom. The minimum atomic E-state index is -3.47. The Kier molecular flexibility index (Phi) is 10.6. The lowest BCUT2D eigenvalue weighted by molar-refractivity contribution is -0.157. The summed E-state index contributed by atoms with van der Waals surface area (Å²) >= 11 is 12.7. The molecule has 4 atom stereocenters. The summed E-state index contributed by atoms with van der Waals surface area (Å²) in [6.07, 6.45) is 2.59. The van der Waals surface area contributed by atoms with Gasteiger partial charge in [0, 0.05) is 55.2 Å². The first kappa shape index (κ1) is 32.7. The summed E-state index contributed by atoms with van der Waals surface area (Å²) in [6.45, 7) is 4.19.